The first-order chi connectivity index (χ1) is 14.8. The van der Waals surface area contributed by atoms with Crippen molar-refractivity contribution in [2.24, 2.45) is 0 Å². The molecule has 0 aliphatic carbocycles. The summed E-state index contributed by atoms with van der Waals surface area (Å²) in [7, 11) is 0. The van der Waals surface area contributed by atoms with Gasteiger partial charge in [-0.1, -0.05) is 44.2 Å². The molecule has 3 rings (SSSR count). The van der Waals surface area contributed by atoms with Crippen LogP contribution in [0.1, 0.15) is 49.6 Å². The number of carbonyl (C=O) groups excluding carboxylic acids is 2. The van der Waals surface area contributed by atoms with Crippen molar-refractivity contribution in [2.75, 3.05) is 11.9 Å². The van der Waals surface area contributed by atoms with Crippen LogP contribution in [0.2, 0.25) is 0 Å². The van der Waals surface area contributed by atoms with Gasteiger partial charge in [0, 0.05) is 18.5 Å². The van der Waals surface area contributed by atoms with E-state index in [9.17, 15) is 14.4 Å². The van der Waals surface area contributed by atoms with E-state index >= 15 is 0 Å². The van der Waals surface area contributed by atoms with E-state index in [4.69, 9.17) is 4.74 Å². The molecule has 1 aromatic heterocycles. The maximum atomic E-state index is 12.3. The van der Waals surface area contributed by atoms with Gasteiger partial charge in [-0.2, -0.15) is 0 Å². The summed E-state index contributed by atoms with van der Waals surface area (Å²) in [5.41, 5.74) is 3.19. The number of amides is 1. The molecule has 0 fully saturated rings. The minimum Gasteiger partial charge on any atom is -0.456 e. The molecule has 7 heteroatoms. The summed E-state index contributed by atoms with van der Waals surface area (Å²) >= 11 is 0. The predicted octanol–water partition coefficient (Wildman–Crippen LogP) is 3.86. The number of aromatic nitrogens is 2. The largest absolute Gasteiger partial charge is 0.456 e. The van der Waals surface area contributed by atoms with Crippen LogP contribution in [0.3, 0.4) is 0 Å². The Morgan fingerprint density at radius 1 is 1.13 bits per heavy atom. The Labute approximate surface area is 180 Å². The van der Waals surface area contributed by atoms with Crippen LogP contribution in [0.5, 0.6) is 0 Å². The van der Waals surface area contributed by atoms with Gasteiger partial charge in [0.25, 0.3) is 11.5 Å². The fraction of sp³-hybridized carbons (Fsp3) is 0.333. The second-order valence-corrected chi connectivity index (χ2v) is 7.79. The van der Waals surface area contributed by atoms with Gasteiger partial charge >= 0.3 is 5.97 Å². The summed E-state index contributed by atoms with van der Waals surface area (Å²) in [6.07, 6.45) is 1.02. The second kappa shape index (κ2) is 10.0. The number of esters is 1. The second-order valence-electron chi connectivity index (χ2n) is 7.79. The number of rotatable bonds is 8. The first-order valence-electron chi connectivity index (χ1n) is 10.4. The Morgan fingerprint density at radius 3 is 2.68 bits per heavy atom. The van der Waals surface area contributed by atoms with Crippen molar-refractivity contribution in [3.63, 3.8) is 0 Å². The van der Waals surface area contributed by atoms with Crippen LogP contribution in [0, 0.1) is 6.92 Å². The molecule has 0 aliphatic rings. The van der Waals surface area contributed by atoms with Crippen molar-refractivity contribution < 1.29 is 14.3 Å². The Balaban J connectivity index is 1.48. The minimum absolute atomic E-state index is 0.130. The Morgan fingerprint density at radius 2 is 1.90 bits per heavy atom. The Bertz CT molecular complexity index is 1150. The van der Waals surface area contributed by atoms with Crippen LogP contribution >= 0.6 is 0 Å². The molecular weight excluding hydrogens is 394 g/mol. The third-order valence-corrected chi connectivity index (χ3v) is 5.01. The molecule has 0 atom stereocenters. The summed E-state index contributed by atoms with van der Waals surface area (Å²) in [6.45, 7) is 5.71. The molecule has 31 heavy (non-hydrogen) atoms. The number of nitrogens with zero attached hydrogens (tertiary/aromatic N) is 1. The molecule has 0 bridgehead atoms. The lowest BCUT2D eigenvalue weighted by Crippen LogP contribution is -2.22. The van der Waals surface area contributed by atoms with Crippen molar-refractivity contribution in [3.8, 4) is 0 Å². The van der Waals surface area contributed by atoms with Gasteiger partial charge < -0.3 is 15.0 Å². The highest BCUT2D eigenvalue weighted by atomic mass is 16.5. The van der Waals surface area contributed by atoms with Gasteiger partial charge in [0.2, 0.25) is 0 Å². The summed E-state index contributed by atoms with van der Waals surface area (Å²) < 4.78 is 5.10. The zero-order chi connectivity index (χ0) is 22.4. The standard InChI is InChI=1S/C24H27N3O4/c1-15(2)17-10-6-8-16(3)23(17)27-21(28)14-31-22(29)13-7-12-20-25-19-11-5-4-9-18(19)24(30)26-20/h4-6,8-11,15H,7,12-14H2,1-3H3,(H,27,28)(H,25,26,30). The number of aromatic amines is 1. The number of carbonyl (C=O) groups is 2. The summed E-state index contributed by atoms with van der Waals surface area (Å²) in [4.78, 5) is 43.5. The van der Waals surface area contributed by atoms with Crippen LogP contribution in [-0.2, 0) is 20.7 Å². The highest BCUT2D eigenvalue weighted by Crippen LogP contribution is 2.27. The van der Waals surface area contributed by atoms with Crippen LogP contribution < -0.4 is 10.9 Å². The molecule has 1 amide bonds. The predicted molar refractivity (Wildman–Crippen MR) is 120 cm³/mol. The van der Waals surface area contributed by atoms with E-state index in [-0.39, 0.29) is 30.4 Å². The zero-order valence-corrected chi connectivity index (χ0v) is 18.0. The fourth-order valence-corrected chi connectivity index (χ4v) is 3.39. The van der Waals surface area contributed by atoms with E-state index < -0.39 is 5.97 Å². The highest BCUT2D eigenvalue weighted by molar-refractivity contribution is 5.94. The summed E-state index contributed by atoms with van der Waals surface area (Å²) in [6, 6.07) is 13.0. The lowest BCUT2D eigenvalue weighted by Gasteiger charge is -2.16. The molecular formula is C24H27N3O4. The van der Waals surface area contributed by atoms with Gasteiger partial charge in [-0.15, -0.1) is 0 Å². The molecule has 3 aromatic rings. The third kappa shape index (κ3) is 5.78. The lowest BCUT2D eigenvalue weighted by atomic mass is 9.98. The maximum absolute atomic E-state index is 12.3. The average molecular weight is 421 g/mol. The van der Waals surface area contributed by atoms with Crippen molar-refractivity contribution in [3.05, 3.63) is 69.8 Å². The van der Waals surface area contributed by atoms with Gasteiger partial charge in [-0.05, 0) is 42.5 Å². The van der Waals surface area contributed by atoms with Gasteiger partial charge in [0.05, 0.1) is 10.9 Å². The average Bonchev–Trinajstić information content (AvgIpc) is 2.73. The van der Waals surface area contributed by atoms with E-state index in [0.29, 0.717) is 29.6 Å². The fourth-order valence-electron chi connectivity index (χ4n) is 3.39. The number of benzene rings is 2. The van der Waals surface area contributed by atoms with E-state index in [1.165, 1.54) is 0 Å². The van der Waals surface area contributed by atoms with E-state index in [1.54, 1.807) is 18.2 Å². The molecule has 2 aromatic carbocycles. The number of para-hydroxylation sites is 2. The SMILES string of the molecule is Cc1cccc(C(C)C)c1NC(=O)COC(=O)CCCc1nc2ccccc2c(=O)[nH]1. The van der Waals surface area contributed by atoms with Gasteiger partial charge in [-0.25, -0.2) is 4.98 Å². The number of ether oxygens (including phenoxy) is 1. The monoisotopic (exact) mass is 421 g/mol. The molecule has 162 valence electrons. The lowest BCUT2D eigenvalue weighted by molar-refractivity contribution is -0.147. The highest BCUT2D eigenvalue weighted by Gasteiger charge is 2.14. The number of hydrogen-bond donors (Lipinski definition) is 2. The first-order valence-corrected chi connectivity index (χ1v) is 10.4. The van der Waals surface area contributed by atoms with Crippen LogP contribution in [0.25, 0.3) is 10.9 Å². The summed E-state index contributed by atoms with van der Waals surface area (Å²) in [5, 5.41) is 3.39. The van der Waals surface area contributed by atoms with Crippen molar-refractivity contribution in [1.29, 1.82) is 0 Å². The smallest absolute Gasteiger partial charge is 0.306 e. The summed E-state index contributed by atoms with van der Waals surface area (Å²) in [5.74, 6) is -0.0554. The minimum atomic E-state index is -0.466. The van der Waals surface area contributed by atoms with Gasteiger partial charge in [0.15, 0.2) is 6.61 Å². The first kappa shape index (κ1) is 22.2. The van der Waals surface area contributed by atoms with E-state index in [1.807, 2.05) is 31.2 Å². The molecule has 2 N–H and O–H groups in total. The molecule has 0 spiro atoms. The number of hydrogen-bond acceptors (Lipinski definition) is 5. The Hall–Kier alpha value is -3.48. The van der Waals surface area contributed by atoms with Gasteiger partial charge in [-0.3, -0.25) is 14.4 Å². The molecule has 0 radical (unpaired) electrons. The third-order valence-electron chi connectivity index (χ3n) is 5.01. The topological polar surface area (TPSA) is 101 Å². The number of nitrogens with one attached hydrogen (secondary N) is 2. The molecule has 0 aliphatic heterocycles. The van der Waals surface area contributed by atoms with Crippen LogP contribution in [0.4, 0.5) is 5.69 Å². The van der Waals surface area contributed by atoms with Crippen molar-refractivity contribution in [2.45, 2.75) is 46.0 Å². The molecule has 1 heterocycles. The number of anilines is 1. The molecule has 0 unspecified atom stereocenters. The van der Waals surface area contributed by atoms with Crippen molar-refractivity contribution >= 4 is 28.5 Å². The molecule has 0 saturated heterocycles. The number of H-pyrrole nitrogens is 1. The van der Waals surface area contributed by atoms with Gasteiger partial charge in [0.1, 0.15) is 5.82 Å². The maximum Gasteiger partial charge on any atom is 0.306 e. The quantitative estimate of drug-likeness (QED) is 0.538. The molecule has 7 nitrogen and oxygen atoms in total. The molecule has 0 saturated carbocycles. The Kier molecular flexibility index (Phi) is 7.18. The van der Waals surface area contributed by atoms with Crippen molar-refractivity contribution in [1.82, 2.24) is 9.97 Å². The van der Waals surface area contributed by atoms with Crippen LogP contribution in [0.15, 0.2) is 47.3 Å². The van der Waals surface area contributed by atoms with E-state index in [2.05, 4.69) is 29.1 Å². The van der Waals surface area contributed by atoms with Crippen LogP contribution in [-0.4, -0.2) is 28.5 Å². The number of aryl methyl sites for hydroxylation is 2. The zero-order valence-electron chi connectivity index (χ0n) is 18.0. The normalized spacial score (nSPS) is 11.0. The van der Waals surface area contributed by atoms with E-state index in [0.717, 1.165) is 16.8 Å². The number of fused-ring (bicyclic) bond motifs is 1.